The van der Waals surface area contributed by atoms with Gasteiger partial charge in [-0.1, -0.05) is 30.3 Å². The topological polar surface area (TPSA) is 50.8 Å². The van der Waals surface area contributed by atoms with Crippen LogP contribution in [0.4, 0.5) is 0 Å². The Balaban J connectivity index is 1.58. The SMILES string of the molecule is O=C(CC1COCCN1)N(CCc1ccccc1)C1CCOC1. The number of rotatable bonds is 6. The molecule has 0 radical (unpaired) electrons. The third-order valence-corrected chi connectivity index (χ3v) is 4.57. The van der Waals surface area contributed by atoms with Gasteiger partial charge in [0.15, 0.2) is 0 Å². The average Bonchev–Trinajstić information content (AvgIpc) is 3.11. The first-order valence-corrected chi connectivity index (χ1v) is 8.55. The van der Waals surface area contributed by atoms with Crippen LogP contribution in [0.2, 0.25) is 0 Å². The Labute approximate surface area is 137 Å². The van der Waals surface area contributed by atoms with E-state index in [0.29, 0.717) is 19.6 Å². The van der Waals surface area contributed by atoms with Gasteiger partial charge < -0.3 is 19.7 Å². The Morgan fingerprint density at radius 1 is 1.17 bits per heavy atom. The summed E-state index contributed by atoms with van der Waals surface area (Å²) in [5, 5.41) is 3.37. The van der Waals surface area contributed by atoms with Crippen LogP contribution in [0.15, 0.2) is 30.3 Å². The summed E-state index contributed by atoms with van der Waals surface area (Å²) in [5.41, 5.74) is 1.27. The minimum atomic E-state index is 0.137. The van der Waals surface area contributed by atoms with Gasteiger partial charge >= 0.3 is 0 Å². The highest BCUT2D eigenvalue weighted by Crippen LogP contribution is 2.16. The summed E-state index contributed by atoms with van der Waals surface area (Å²) in [6.45, 7) is 4.36. The third-order valence-electron chi connectivity index (χ3n) is 4.57. The van der Waals surface area contributed by atoms with Crippen molar-refractivity contribution in [2.45, 2.75) is 31.3 Å². The molecule has 2 unspecified atom stereocenters. The highest BCUT2D eigenvalue weighted by atomic mass is 16.5. The maximum Gasteiger partial charge on any atom is 0.224 e. The second kappa shape index (κ2) is 8.43. The molecule has 1 aromatic rings. The molecule has 0 saturated carbocycles. The zero-order valence-electron chi connectivity index (χ0n) is 13.6. The van der Waals surface area contributed by atoms with Crippen LogP contribution in [0, 0.1) is 0 Å². The Morgan fingerprint density at radius 2 is 2.00 bits per heavy atom. The van der Waals surface area contributed by atoms with Gasteiger partial charge in [0.25, 0.3) is 0 Å². The average molecular weight is 318 g/mol. The van der Waals surface area contributed by atoms with Crippen molar-refractivity contribution >= 4 is 5.91 Å². The fourth-order valence-corrected chi connectivity index (χ4v) is 3.25. The Kier molecular flexibility index (Phi) is 6.02. The molecule has 0 aromatic heterocycles. The van der Waals surface area contributed by atoms with E-state index < -0.39 is 0 Å². The highest BCUT2D eigenvalue weighted by Gasteiger charge is 2.29. The summed E-state index contributed by atoms with van der Waals surface area (Å²) < 4.78 is 11.0. The molecule has 0 bridgehead atoms. The van der Waals surface area contributed by atoms with Gasteiger partial charge in [-0.15, -0.1) is 0 Å². The fraction of sp³-hybridized carbons (Fsp3) is 0.611. The van der Waals surface area contributed by atoms with Gasteiger partial charge in [-0.3, -0.25) is 4.79 Å². The van der Waals surface area contributed by atoms with E-state index in [-0.39, 0.29) is 18.0 Å². The van der Waals surface area contributed by atoms with Crippen molar-refractivity contribution in [2.24, 2.45) is 0 Å². The first kappa shape index (κ1) is 16.4. The van der Waals surface area contributed by atoms with Gasteiger partial charge in [0, 0.05) is 32.2 Å². The van der Waals surface area contributed by atoms with Crippen molar-refractivity contribution in [3.05, 3.63) is 35.9 Å². The molecular weight excluding hydrogens is 292 g/mol. The van der Waals surface area contributed by atoms with Crippen LogP contribution in [0.3, 0.4) is 0 Å². The Morgan fingerprint density at radius 3 is 2.70 bits per heavy atom. The Hall–Kier alpha value is -1.43. The molecule has 1 aromatic carbocycles. The zero-order chi connectivity index (χ0) is 15.9. The monoisotopic (exact) mass is 318 g/mol. The van der Waals surface area contributed by atoms with Crippen LogP contribution in [0.25, 0.3) is 0 Å². The van der Waals surface area contributed by atoms with Gasteiger partial charge in [0.2, 0.25) is 5.91 Å². The number of carbonyl (C=O) groups is 1. The molecule has 5 heteroatoms. The number of nitrogens with one attached hydrogen (secondary N) is 1. The lowest BCUT2D eigenvalue weighted by Crippen LogP contribution is -2.48. The summed E-state index contributed by atoms with van der Waals surface area (Å²) >= 11 is 0. The van der Waals surface area contributed by atoms with Gasteiger partial charge in [-0.05, 0) is 18.4 Å². The predicted molar refractivity (Wildman–Crippen MR) is 88.3 cm³/mol. The highest BCUT2D eigenvalue weighted by molar-refractivity contribution is 5.77. The lowest BCUT2D eigenvalue weighted by molar-refractivity contribution is -0.134. The van der Waals surface area contributed by atoms with Gasteiger partial charge in [0.05, 0.1) is 25.9 Å². The number of benzene rings is 1. The molecule has 2 heterocycles. The molecule has 1 N–H and O–H groups in total. The molecule has 2 aliphatic rings. The maximum atomic E-state index is 12.8. The van der Waals surface area contributed by atoms with Gasteiger partial charge in [-0.2, -0.15) is 0 Å². The molecule has 1 amide bonds. The molecule has 0 spiro atoms. The number of hydrogen-bond acceptors (Lipinski definition) is 4. The summed E-state index contributed by atoms with van der Waals surface area (Å²) in [6.07, 6.45) is 2.33. The fourth-order valence-electron chi connectivity index (χ4n) is 3.25. The Bertz CT molecular complexity index is 482. The number of ether oxygens (including phenoxy) is 2. The molecular formula is C18H26N2O3. The largest absolute Gasteiger partial charge is 0.379 e. The van der Waals surface area contributed by atoms with Crippen molar-refractivity contribution in [1.29, 1.82) is 0 Å². The summed E-state index contributed by atoms with van der Waals surface area (Å²) in [5.74, 6) is 0.208. The third kappa shape index (κ3) is 4.77. The number of amides is 1. The van der Waals surface area contributed by atoms with E-state index in [1.165, 1.54) is 5.56 Å². The van der Waals surface area contributed by atoms with Crippen molar-refractivity contribution in [3.8, 4) is 0 Å². The second-order valence-corrected chi connectivity index (χ2v) is 6.27. The standard InChI is InChI=1S/C18H26N2O3/c21-18(12-16-13-23-11-8-19-16)20(17-7-10-22-14-17)9-6-15-4-2-1-3-5-15/h1-5,16-17,19H,6-14H2. The van der Waals surface area contributed by atoms with Crippen molar-refractivity contribution in [3.63, 3.8) is 0 Å². The molecule has 5 nitrogen and oxygen atoms in total. The second-order valence-electron chi connectivity index (χ2n) is 6.27. The van der Waals surface area contributed by atoms with Gasteiger partial charge in [-0.25, -0.2) is 0 Å². The molecule has 2 saturated heterocycles. The number of nitrogens with zero attached hydrogens (tertiary/aromatic N) is 1. The van der Waals surface area contributed by atoms with Crippen LogP contribution >= 0.6 is 0 Å². The van der Waals surface area contributed by atoms with Crippen LogP contribution < -0.4 is 5.32 Å². The van der Waals surface area contributed by atoms with Crippen molar-refractivity contribution < 1.29 is 14.3 Å². The number of carbonyl (C=O) groups excluding carboxylic acids is 1. The van der Waals surface area contributed by atoms with Crippen LogP contribution in [0.5, 0.6) is 0 Å². The minimum Gasteiger partial charge on any atom is -0.379 e. The van der Waals surface area contributed by atoms with E-state index in [1.807, 2.05) is 23.1 Å². The zero-order valence-corrected chi connectivity index (χ0v) is 13.6. The first-order chi connectivity index (χ1) is 11.3. The minimum absolute atomic E-state index is 0.137. The summed E-state index contributed by atoms with van der Waals surface area (Å²) in [7, 11) is 0. The molecule has 3 rings (SSSR count). The quantitative estimate of drug-likeness (QED) is 0.857. The van der Waals surface area contributed by atoms with E-state index in [4.69, 9.17) is 9.47 Å². The van der Waals surface area contributed by atoms with E-state index in [2.05, 4.69) is 17.4 Å². The molecule has 2 fully saturated rings. The first-order valence-electron chi connectivity index (χ1n) is 8.55. The summed E-state index contributed by atoms with van der Waals surface area (Å²) in [4.78, 5) is 14.8. The van der Waals surface area contributed by atoms with E-state index in [1.54, 1.807) is 0 Å². The van der Waals surface area contributed by atoms with Crippen molar-refractivity contribution in [2.75, 3.05) is 39.5 Å². The summed E-state index contributed by atoms with van der Waals surface area (Å²) in [6, 6.07) is 10.7. The van der Waals surface area contributed by atoms with Crippen LogP contribution in [0.1, 0.15) is 18.4 Å². The van der Waals surface area contributed by atoms with E-state index >= 15 is 0 Å². The number of morpholine rings is 1. The van der Waals surface area contributed by atoms with Crippen molar-refractivity contribution in [1.82, 2.24) is 10.2 Å². The molecule has 0 aliphatic carbocycles. The lowest BCUT2D eigenvalue weighted by Gasteiger charge is -2.31. The van der Waals surface area contributed by atoms with Crippen LogP contribution in [-0.4, -0.2) is 62.4 Å². The molecule has 126 valence electrons. The predicted octanol–water partition coefficient (Wildman–Crippen LogP) is 1.23. The lowest BCUT2D eigenvalue weighted by atomic mass is 10.1. The molecule has 23 heavy (non-hydrogen) atoms. The normalized spacial score (nSPS) is 24.5. The molecule has 2 atom stereocenters. The number of hydrogen-bond donors (Lipinski definition) is 1. The van der Waals surface area contributed by atoms with Crippen LogP contribution in [-0.2, 0) is 20.7 Å². The van der Waals surface area contributed by atoms with E-state index in [9.17, 15) is 4.79 Å². The van der Waals surface area contributed by atoms with Gasteiger partial charge in [0.1, 0.15) is 0 Å². The smallest absolute Gasteiger partial charge is 0.224 e. The van der Waals surface area contributed by atoms with E-state index in [0.717, 1.165) is 39.1 Å². The molecule has 2 aliphatic heterocycles. The maximum absolute atomic E-state index is 12.8.